The maximum absolute atomic E-state index is 13.0. The molecule has 0 amide bonds. The zero-order valence-corrected chi connectivity index (χ0v) is 10.7. The maximum Gasteiger partial charge on any atom is 0.419 e. The van der Waals surface area contributed by atoms with Crippen molar-refractivity contribution < 1.29 is 37.3 Å². The Morgan fingerprint density at radius 1 is 1.30 bits per heavy atom. The Morgan fingerprint density at radius 2 is 1.95 bits per heavy atom. The molecule has 0 saturated carbocycles. The second kappa shape index (κ2) is 6.47. The number of carboxylic acids is 1. The molecule has 1 rings (SSSR count). The molecule has 0 aliphatic carbocycles. The van der Waals surface area contributed by atoms with E-state index < -0.39 is 24.9 Å². The van der Waals surface area contributed by atoms with Crippen LogP contribution in [-0.4, -0.2) is 38.1 Å². The van der Waals surface area contributed by atoms with E-state index in [9.17, 15) is 18.0 Å². The van der Waals surface area contributed by atoms with Crippen LogP contribution in [0.2, 0.25) is 0 Å². The molecule has 1 N–H and O–H groups in total. The van der Waals surface area contributed by atoms with Gasteiger partial charge in [0.1, 0.15) is 6.61 Å². The van der Waals surface area contributed by atoms with Crippen molar-refractivity contribution in [1.82, 2.24) is 0 Å². The van der Waals surface area contributed by atoms with E-state index >= 15 is 0 Å². The molecule has 0 heterocycles. The molecule has 0 aliphatic heterocycles. The van der Waals surface area contributed by atoms with Crippen molar-refractivity contribution in [3.05, 3.63) is 23.8 Å². The summed E-state index contributed by atoms with van der Waals surface area (Å²) in [4.78, 5) is 10.4. The molecule has 1 aromatic rings. The lowest BCUT2D eigenvalue weighted by atomic mass is 10.1. The molecule has 0 fully saturated rings. The zero-order valence-electron chi connectivity index (χ0n) is 10.7. The second-order valence-electron chi connectivity index (χ2n) is 3.71. The van der Waals surface area contributed by atoms with Crippen molar-refractivity contribution in [3.63, 3.8) is 0 Å². The van der Waals surface area contributed by atoms with Crippen molar-refractivity contribution in [2.24, 2.45) is 0 Å². The number of carboxylic acid groups (broad SMARTS) is 1. The molecule has 112 valence electrons. The highest BCUT2D eigenvalue weighted by Gasteiger charge is 2.44. The first-order valence-electron chi connectivity index (χ1n) is 5.42. The first kappa shape index (κ1) is 16.1. The van der Waals surface area contributed by atoms with Gasteiger partial charge in [-0.2, -0.15) is 13.2 Å². The highest BCUT2D eigenvalue weighted by atomic mass is 19.4. The number of alkyl halides is 3. The Bertz CT molecular complexity index is 473. The average molecular weight is 294 g/mol. The van der Waals surface area contributed by atoms with Crippen molar-refractivity contribution in [1.29, 1.82) is 0 Å². The number of benzene rings is 1. The number of methoxy groups -OCH3 is 2. The first-order chi connectivity index (χ1) is 9.31. The van der Waals surface area contributed by atoms with Gasteiger partial charge in [0.15, 0.2) is 17.6 Å². The summed E-state index contributed by atoms with van der Waals surface area (Å²) in [6.45, 7) is -1.08. The Kier molecular flexibility index (Phi) is 5.20. The van der Waals surface area contributed by atoms with Gasteiger partial charge in [-0.25, -0.2) is 4.79 Å². The van der Waals surface area contributed by atoms with E-state index in [1.807, 2.05) is 0 Å². The number of halogens is 3. The van der Waals surface area contributed by atoms with Gasteiger partial charge in [0.05, 0.1) is 14.2 Å². The van der Waals surface area contributed by atoms with Crippen LogP contribution in [0.5, 0.6) is 11.5 Å². The Morgan fingerprint density at radius 3 is 2.40 bits per heavy atom. The monoisotopic (exact) mass is 294 g/mol. The summed E-state index contributed by atoms with van der Waals surface area (Å²) in [6.07, 6.45) is -7.20. The third kappa shape index (κ3) is 3.77. The molecule has 0 aromatic heterocycles. The Labute approximate surface area is 112 Å². The fourth-order valence-electron chi connectivity index (χ4n) is 1.63. The molecule has 1 atom stereocenters. The Balaban J connectivity index is 3.23. The number of carbonyl (C=O) groups is 1. The van der Waals surface area contributed by atoms with Gasteiger partial charge in [-0.15, -0.1) is 0 Å². The smallest absolute Gasteiger partial charge is 0.419 e. The van der Waals surface area contributed by atoms with Crippen LogP contribution in [0.1, 0.15) is 11.7 Å². The van der Waals surface area contributed by atoms with Crippen LogP contribution >= 0.6 is 0 Å². The molecule has 0 saturated heterocycles. The van der Waals surface area contributed by atoms with Gasteiger partial charge in [-0.3, -0.25) is 0 Å². The summed E-state index contributed by atoms with van der Waals surface area (Å²) in [5.74, 6) is -1.55. The van der Waals surface area contributed by atoms with Crippen LogP contribution in [0.4, 0.5) is 13.2 Å². The topological polar surface area (TPSA) is 65.0 Å². The van der Waals surface area contributed by atoms with Crippen LogP contribution in [0.15, 0.2) is 18.2 Å². The summed E-state index contributed by atoms with van der Waals surface area (Å²) in [5.41, 5.74) is -0.347. The summed E-state index contributed by atoms with van der Waals surface area (Å²) >= 11 is 0. The number of para-hydroxylation sites is 1. The van der Waals surface area contributed by atoms with E-state index in [4.69, 9.17) is 14.6 Å². The summed E-state index contributed by atoms with van der Waals surface area (Å²) in [7, 11) is 2.47. The molecule has 0 unspecified atom stereocenters. The molecular formula is C12H13F3O5. The molecule has 20 heavy (non-hydrogen) atoms. The van der Waals surface area contributed by atoms with Crippen LogP contribution < -0.4 is 9.47 Å². The van der Waals surface area contributed by atoms with Gasteiger partial charge >= 0.3 is 12.1 Å². The quantitative estimate of drug-likeness (QED) is 0.872. The molecule has 1 aromatic carbocycles. The minimum Gasteiger partial charge on any atom is -0.493 e. The van der Waals surface area contributed by atoms with Crippen LogP contribution in [0.25, 0.3) is 0 Å². The second-order valence-corrected chi connectivity index (χ2v) is 3.71. The predicted molar refractivity (Wildman–Crippen MR) is 61.9 cm³/mol. The highest BCUT2D eigenvalue weighted by Crippen LogP contribution is 2.43. The Hall–Kier alpha value is -1.96. The van der Waals surface area contributed by atoms with Crippen LogP contribution in [0, 0.1) is 0 Å². The van der Waals surface area contributed by atoms with E-state index in [0.717, 1.165) is 6.07 Å². The predicted octanol–water partition coefficient (Wildman–Crippen LogP) is 2.41. The summed E-state index contributed by atoms with van der Waals surface area (Å²) in [5, 5.41) is 8.45. The summed E-state index contributed by atoms with van der Waals surface area (Å²) < 4.78 is 53.2. The number of rotatable bonds is 6. The zero-order chi connectivity index (χ0) is 15.3. The van der Waals surface area contributed by atoms with E-state index in [1.54, 1.807) is 0 Å². The van der Waals surface area contributed by atoms with Gasteiger partial charge in [0.2, 0.25) is 0 Å². The first-order valence-corrected chi connectivity index (χ1v) is 5.42. The van der Waals surface area contributed by atoms with Crippen LogP contribution in [-0.2, 0) is 9.53 Å². The van der Waals surface area contributed by atoms with Gasteiger partial charge in [0.25, 0.3) is 0 Å². The largest absolute Gasteiger partial charge is 0.493 e. The van der Waals surface area contributed by atoms with Crippen molar-refractivity contribution in [2.45, 2.75) is 12.3 Å². The number of ether oxygens (including phenoxy) is 3. The summed E-state index contributed by atoms with van der Waals surface area (Å²) in [6, 6.07) is 3.90. The van der Waals surface area contributed by atoms with Crippen molar-refractivity contribution in [2.75, 3.05) is 20.8 Å². The standard InChI is InChI=1S/C12H13F3O5/c1-18-8-5-3-4-7(10(8)19-2)11(12(13,14)15)20-6-9(16)17/h3-5,11H,6H2,1-2H3,(H,16,17)/t11-/m1/s1. The number of hydrogen-bond donors (Lipinski definition) is 1. The minimum absolute atomic E-state index is 0.0955. The van der Waals surface area contributed by atoms with E-state index in [2.05, 4.69) is 4.74 Å². The van der Waals surface area contributed by atoms with Crippen molar-refractivity contribution in [3.8, 4) is 11.5 Å². The molecule has 0 radical (unpaired) electrons. The number of hydrogen-bond acceptors (Lipinski definition) is 4. The molecule has 0 spiro atoms. The average Bonchev–Trinajstić information content (AvgIpc) is 2.36. The molecule has 0 aliphatic rings. The number of aliphatic carboxylic acids is 1. The molecule has 8 heteroatoms. The van der Waals surface area contributed by atoms with Gasteiger partial charge in [0, 0.05) is 5.56 Å². The van der Waals surface area contributed by atoms with E-state index in [-0.39, 0.29) is 17.1 Å². The van der Waals surface area contributed by atoms with Gasteiger partial charge < -0.3 is 19.3 Å². The maximum atomic E-state index is 13.0. The third-order valence-corrected chi connectivity index (χ3v) is 2.39. The molecular weight excluding hydrogens is 281 g/mol. The molecule has 5 nitrogen and oxygen atoms in total. The van der Waals surface area contributed by atoms with Crippen LogP contribution in [0.3, 0.4) is 0 Å². The van der Waals surface area contributed by atoms with E-state index in [0.29, 0.717) is 0 Å². The fraction of sp³-hybridized carbons (Fsp3) is 0.417. The SMILES string of the molecule is COc1cccc([C@@H](OCC(=O)O)C(F)(F)F)c1OC. The molecule has 0 bridgehead atoms. The highest BCUT2D eigenvalue weighted by molar-refractivity contribution is 5.68. The normalized spacial score (nSPS) is 12.8. The lowest BCUT2D eigenvalue weighted by molar-refractivity contribution is -0.225. The lowest BCUT2D eigenvalue weighted by Crippen LogP contribution is -2.26. The lowest BCUT2D eigenvalue weighted by Gasteiger charge is -2.23. The third-order valence-electron chi connectivity index (χ3n) is 2.39. The van der Waals surface area contributed by atoms with Gasteiger partial charge in [-0.1, -0.05) is 12.1 Å². The fourth-order valence-corrected chi connectivity index (χ4v) is 1.63. The van der Waals surface area contributed by atoms with Crippen molar-refractivity contribution >= 4 is 5.97 Å². The minimum atomic E-state index is -4.78. The van der Waals surface area contributed by atoms with Gasteiger partial charge in [-0.05, 0) is 6.07 Å². The van der Waals surface area contributed by atoms with E-state index in [1.165, 1.54) is 26.4 Å².